The first-order valence-electron chi connectivity index (χ1n) is 7.17. The molecule has 0 unspecified atom stereocenters. The largest absolute Gasteiger partial charge is 0.454 e. The lowest BCUT2D eigenvalue weighted by atomic mass is 10.1. The molecule has 0 spiro atoms. The summed E-state index contributed by atoms with van der Waals surface area (Å²) in [5.41, 5.74) is 0.757. The predicted molar refractivity (Wildman–Crippen MR) is 84.9 cm³/mol. The Morgan fingerprint density at radius 3 is 2.45 bits per heavy atom. The van der Waals surface area contributed by atoms with Crippen molar-refractivity contribution in [2.24, 2.45) is 0 Å². The van der Waals surface area contributed by atoms with E-state index in [4.69, 9.17) is 4.74 Å². The molecule has 106 valence electrons. The molecule has 0 bridgehead atoms. The van der Waals surface area contributed by atoms with Crippen LogP contribution in [-0.4, -0.2) is 8.80 Å². The molecule has 0 saturated carbocycles. The quantitative estimate of drug-likeness (QED) is 0.677. The van der Waals surface area contributed by atoms with E-state index in [9.17, 15) is 4.39 Å². The van der Waals surface area contributed by atoms with Gasteiger partial charge < -0.3 is 4.74 Å². The summed E-state index contributed by atoms with van der Waals surface area (Å²) in [5, 5.41) is 0. The van der Waals surface area contributed by atoms with E-state index >= 15 is 0 Å². The zero-order valence-corrected chi connectivity index (χ0v) is 13.3. The summed E-state index contributed by atoms with van der Waals surface area (Å²) in [5.74, 6) is 0.760. The second-order valence-corrected chi connectivity index (χ2v) is 8.80. The lowest BCUT2D eigenvalue weighted by Gasteiger charge is -2.10. The molecule has 0 atom stereocenters. The Morgan fingerprint density at radius 1 is 1.00 bits per heavy atom. The van der Waals surface area contributed by atoms with Gasteiger partial charge in [0.05, 0.1) is 0 Å². The predicted octanol–water partition coefficient (Wildman–Crippen LogP) is 5.04. The van der Waals surface area contributed by atoms with Crippen LogP contribution >= 0.6 is 0 Å². The van der Waals surface area contributed by atoms with Crippen LogP contribution in [0.25, 0.3) is 0 Å². The van der Waals surface area contributed by atoms with Gasteiger partial charge in [0.1, 0.15) is 5.75 Å². The van der Waals surface area contributed by atoms with Gasteiger partial charge in [0, 0.05) is 8.80 Å². The summed E-state index contributed by atoms with van der Waals surface area (Å²) in [7, 11) is -0.550. The van der Waals surface area contributed by atoms with E-state index in [0.717, 1.165) is 18.4 Å². The molecule has 0 heterocycles. The lowest BCUT2D eigenvalue weighted by molar-refractivity contribution is 0.438. The summed E-state index contributed by atoms with van der Waals surface area (Å²) in [6.45, 7) is 4.65. The zero-order chi connectivity index (χ0) is 14.4. The monoisotopic (exact) mass is 288 g/mol. The van der Waals surface area contributed by atoms with E-state index in [0.29, 0.717) is 11.5 Å². The molecule has 0 aliphatic carbocycles. The molecule has 0 amide bonds. The minimum absolute atomic E-state index is 0.221. The number of hydrogen-bond donors (Lipinski definition) is 0. The first-order chi connectivity index (χ1) is 9.66. The van der Waals surface area contributed by atoms with Crippen LogP contribution in [0.3, 0.4) is 0 Å². The van der Waals surface area contributed by atoms with Gasteiger partial charge in [-0.05, 0) is 30.2 Å². The maximum atomic E-state index is 14.4. The summed E-state index contributed by atoms with van der Waals surface area (Å²) in [4.78, 5) is 0. The van der Waals surface area contributed by atoms with Crippen LogP contribution in [0, 0.1) is 5.82 Å². The second-order valence-electron chi connectivity index (χ2n) is 5.43. The van der Waals surface area contributed by atoms with Crippen molar-refractivity contribution in [3.05, 3.63) is 59.9 Å². The molecule has 0 N–H and O–H groups in total. The molecular weight excluding hydrogens is 267 g/mol. The van der Waals surface area contributed by atoms with Crippen molar-refractivity contribution in [2.75, 3.05) is 0 Å². The summed E-state index contributed by atoms with van der Waals surface area (Å²) in [6.07, 6.45) is 1.86. The summed E-state index contributed by atoms with van der Waals surface area (Å²) in [6, 6.07) is 16.0. The molecule has 0 radical (unpaired) electrons. The normalized spacial score (nSPS) is 10.8. The smallest absolute Gasteiger partial charge is 0.168 e. The molecule has 1 nitrogen and oxygen atoms in total. The molecule has 2 aromatic carbocycles. The van der Waals surface area contributed by atoms with Gasteiger partial charge in [-0.25, -0.2) is 4.39 Å². The van der Waals surface area contributed by atoms with Gasteiger partial charge in [-0.3, -0.25) is 0 Å². The van der Waals surface area contributed by atoms with E-state index in [1.54, 1.807) is 6.07 Å². The Kier molecular flexibility index (Phi) is 5.36. The van der Waals surface area contributed by atoms with Gasteiger partial charge >= 0.3 is 0 Å². The van der Waals surface area contributed by atoms with Crippen molar-refractivity contribution in [3.63, 3.8) is 0 Å². The standard InChI is InChI=1S/C17H21FOSi/c1-20(2)13-7-9-14-8-6-12-16(17(14)18)19-15-10-4-3-5-11-15/h3-6,8,10-12,20H,7,9,13H2,1-2H3. The second kappa shape index (κ2) is 7.24. The minimum Gasteiger partial charge on any atom is -0.454 e. The average Bonchev–Trinajstić information content (AvgIpc) is 2.44. The van der Waals surface area contributed by atoms with Gasteiger partial charge in [-0.2, -0.15) is 0 Å². The topological polar surface area (TPSA) is 9.23 Å². The lowest BCUT2D eigenvalue weighted by Crippen LogP contribution is -2.01. The van der Waals surface area contributed by atoms with Crippen LogP contribution in [0.15, 0.2) is 48.5 Å². The van der Waals surface area contributed by atoms with Crippen LogP contribution in [0.2, 0.25) is 19.1 Å². The van der Waals surface area contributed by atoms with Crippen molar-refractivity contribution in [1.29, 1.82) is 0 Å². The first kappa shape index (κ1) is 14.8. The van der Waals surface area contributed by atoms with Crippen molar-refractivity contribution in [1.82, 2.24) is 0 Å². The Hall–Kier alpha value is -1.61. The highest BCUT2D eigenvalue weighted by Gasteiger charge is 2.10. The van der Waals surface area contributed by atoms with Crippen molar-refractivity contribution < 1.29 is 9.13 Å². The van der Waals surface area contributed by atoms with Crippen LogP contribution < -0.4 is 4.74 Å². The van der Waals surface area contributed by atoms with E-state index in [1.165, 1.54) is 6.04 Å². The molecule has 3 heteroatoms. The molecule has 0 fully saturated rings. The minimum atomic E-state index is -0.550. The third kappa shape index (κ3) is 4.20. The number of rotatable bonds is 6. The van der Waals surface area contributed by atoms with E-state index in [1.807, 2.05) is 42.5 Å². The zero-order valence-electron chi connectivity index (χ0n) is 12.1. The molecule has 0 aromatic heterocycles. The highest BCUT2D eigenvalue weighted by molar-refractivity contribution is 6.55. The maximum absolute atomic E-state index is 14.4. The summed E-state index contributed by atoms with van der Waals surface area (Å²) >= 11 is 0. The van der Waals surface area contributed by atoms with Gasteiger partial charge in [-0.15, -0.1) is 0 Å². The third-order valence-corrected chi connectivity index (χ3v) is 4.80. The van der Waals surface area contributed by atoms with Crippen LogP contribution in [0.4, 0.5) is 4.39 Å². The Balaban J connectivity index is 2.07. The molecule has 0 aliphatic heterocycles. The molecule has 2 aromatic rings. The molecule has 20 heavy (non-hydrogen) atoms. The van der Waals surface area contributed by atoms with Crippen molar-refractivity contribution >= 4 is 8.80 Å². The highest BCUT2D eigenvalue weighted by atomic mass is 28.3. The number of halogens is 1. The van der Waals surface area contributed by atoms with E-state index in [2.05, 4.69) is 13.1 Å². The molecule has 0 saturated heterocycles. The van der Waals surface area contributed by atoms with Gasteiger partial charge in [-0.1, -0.05) is 55.9 Å². The summed E-state index contributed by atoms with van der Waals surface area (Å²) < 4.78 is 20.0. The Bertz CT molecular complexity index is 540. The number of aryl methyl sites for hydroxylation is 1. The van der Waals surface area contributed by atoms with Gasteiger partial charge in [0.15, 0.2) is 11.6 Å². The molecule has 2 rings (SSSR count). The first-order valence-corrected chi connectivity index (χ1v) is 10.3. The number of ether oxygens (including phenoxy) is 1. The SMILES string of the molecule is C[SiH](C)CCCc1cccc(Oc2ccccc2)c1F. The maximum Gasteiger partial charge on any atom is 0.168 e. The number of hydrogen-bond acceptors (Lipinski definition) is 1. The Morgan fingerprint density at radius 2 is 1.75 bits per heavy atom. The molecular formula is C17H21FOSi. The fraction of sp³-hybridized carbons (Fsp3) is 0.294. The van der Waals surface area contributed by atoms with E-state index < -0.39 is 8.80 Å². The highest BCUT2D eigenvalue weighted by Crippen LogP contribution is 2.27. The fourth-order valence-electron chi connectivity index (χ4n) is 2.14. The third-order valence-electron chi connectivity index (χ3n) is 3.24. The van der Waals surface area contributed by atoms with E-state index in [-0.39, 0.29) is 5.82 Å². The van der Waals surface area contributed by atoms with Crippen molar-refractivity contribution in [3.8, 4) is 11.5 Å². The average molecular weight is 288 g/mol. The number of benzene rings is 2. The Labute approximate surface area is 122 Å². The van der Waals surface area contributed by atoms with Crippen molar-refractivity contribution in [2.45, 2.75) is 32.0 Å². The van der Waals surface area contributed by atoms with Gasteiger partial charge in [0.2, 0.25) is 0 Å². The molecule has 0 aliphatic rings. The van der Waals surface area contributed by atoms with Crippen LogP contribution in [0.5, 0.6) is 11.5 Å². The van der Waals surface area contributed by atoms with Crippen LogP contribution in [0.1, 0.15) is 12.0 Å². The number of para-hydroxylation sites is 1. The van der Waals surface area contributed by atoms with Crippen LogP contribution in [-0.2, 0) is 6.42 Å². The van der Waals surface area contributed by atoms with Gasteiger partial charge in [0.25, 0.3) is 0 Å². The fourth-order valence-corrected chi connectivity index (χ4v) is 3.17.